The molecule has 0 bridgehead atoms. The van der Waals surface area contributed by atoms with Crippen LogP contribution in [0.4, 0.5) is 0 Å². The molecule has 2 heterocycles. The van der Waals surface area contributed by atoms with E-state index in [9.17, 15) is 13.2 Å². The maximum absolute atomic E-state index is 13.3. The first-order valence-electron chi connectivity index (χ1n) is 9.35. The number of carbonyl (C=O) groups is 1. The highest BCUT2D eigenvalue weighted by Crippen LogP contribution is 2.38. The number of rotatable bonds is 6. The third kappa shape index (κ3) is 3.36. The number of hydrogen-bond acceptors (Lipinski definition) is 6. The second-order valence-corrected chi connectivity index (χ2v) is 10.1. The predicted molar refractivity (Wildman–Crippen MR) is 111 cm³/mol. The number of ketones is 1. The molecule has 1 aliphatic rings. The van der Waals surface area contributed by atoms with Crippen molar-refractivity contribution in [3.8, 4) is 11.6 Å². The smallest absolute Gasteiger partial charge is 0.265 e. The summed E-state index contributed by atoms with van der Waals surface area (Å²) >= 11 is 3.38. The van der Waals surface area contributed by atoms with E-state index in [-0.39, 0.29) is 17.4 Å². The van der Waals surface area contributed by atoms with E-state index in [1.807, 2.05) is 13.0 Å². The molecule has 1 aliphatic carbocycles. The second kappa shape index (κ2) is 7.21. The van der Waals surface area contributed by atoms with Crippen molar-refractivity contribution in [3.63, 3.8) is 0 Å². The summed E-state index contributed by atoms with van der Waals surface area (Å²) in [5.41, 5.74) is 1.98. The van der Waals surface area contributed by atoms with E-state index in [4.69, 9.17) is 4.42 Å². The lowest BCUT2D eigenvalue weighted by molar-refractivity contribution is 0.103. The molecule has 9 heteroatoms. The first-order valence-corrected chi connectivity index (χ1v) is 11.6. The van der Waals surface area contributed by atoms with E-state index in [1.165, 1.54) is 3.97 Å². The highest BCUT2D eigenvalue weighted by Gasteiger charge is 2.41. The van der Waals surface area contributed by atoms with Crippen LogP contribution in [0.3, 0.4) is 0 Å². The SMILES string of the molecule is CCc1nnc(-c2c(C)c(C(=O)c3cccc(Br)c3)c(C)n2S(=O)(=O)C2CC2)o1. The quantitative estimate of drug-likeness (QED) is 0.496. The number of halogens is 1. The molecule has 0 unspecified atom stereocenters. The van der Waals surface area contributed by atoms with Gasteiger partial charge in [-0.05, 0) is 44.4 Å². The molecule has 0 spiro atoms. The Kier molecular flexibility index (Phi) is 4.98. The fourth-order valence-corrected chi connectivity index (χ4v) is 5.86. The Morgan fingerprint density at radius 2 is 2.00 bits per heavy atom. The Morgan fingerprint density at radius 3 is 2.59 bits per heavy atom. The molecular formula is C20H20BrN3O4S. The van der Waals surface area contributed by atoms with Crippen LogP contribution < -0.4 is 0 Å². The number of aryl methyl sites for hydroxylation is 1. The molecule has 3 aromatic rings. The van der Waals surface area contributed by atoms with Crippen molar-refractivity contribution in [3.05, 3.63) is 57.0 Å². The van der Waals surface area contributed by atoms with E-state index < -0.39 is 15.3 Å². The van der Waals surface area contributed by atoms with Gasteiger partial charge in [0.25, 0.3) is 5.89 Å². The monoisotopic (exact) mass is 477 g/mol. The average Bonchev–Trinajstić information content (AvgIpc) is 3.38. The molecule has 7 nitrogen and oxygen atoms in total. The van der Waals surface area contributed by atoms with E-state index in [2.05, 4.69) is 26.1 Å². The van der Waals surface area contributed by atoms with Crippen molar-refractivity contribution in [1.29, 1.82) is 0 Å². The maximum atomic E-state index is 13.3. The van der Waals surface area contributed by atoms with Crippen LogP contribution in [-0.4, -0.2) is 33.6 Å². The Labute approximate surface area is 177 Å². The summed E-state index contributed by atoms with van der Waals surface area (Å²) in [7, 11) is -3.67. The van der Waals surface area contributed by atoms with Crippen LogP contribution in [0.25, 0.3) is 11.6 Å². The predicted octanol–water partition coefficient (Wildman–Crippen LogP) is 4.05. The first-order chi connectivity index (χ1) is 13.8. The molecular weight excluding hydrogens is 458 g/mol. The van der Waals surface area contributed by atoms with Crippen molar-refractivity contribution in [2.24, 2.45) is 0 Å². The zero-order chi connectivity index (χ0) is 20.9. The molecule has 152 valence electrons. The second-order valence-electron chi connectivity index (χ2n) is 7.14. The summed E-state index contributed by atoms with van der Waals surface area (Å²) < 4.78 is 34.1. The Morgan fingerprint density at radius 1 is 1.28 bits per heavy atom. The van der Waals surface area contributed by atoms with Crippen LogP contribution in [0.1, 0.15) is 52.8 Å². The molecule has 2 aromatic heterocycles. The lowest BCUT2D eigenvalue weighted by Crippen LogP contribution is -2.20. The Hall–Kier alpha value is -2.26. The van der Waals surface area contributed by atoms with Gasteiger partial charge in [-0.15, -0.1) is 10.2 Å². The van der Waals surface area contributed by atoms with Gasteiger partial charge in [-0.2, -0.15) is 0 Å². The number of carbonyl (C=O) groups excluding carboxylic acids is 1. The van der Waals surface area contributed by atoms with Crippen LogP contribution in [0.5, 0.6) is 0 Å². The minimum Gasteiger partial charge on any atom is -0.419 e. The lowest BCUT2D eigenvalue weighted by Gasteiger charge is -2.10. The molecule has 0 radical (unpaired) electrons. The molecule has 0 aliphatic heterocycles. The summed E-state index contributed by atoms with van der Waals surface area (Å²) in [4.78, 5) is 13.3. The van der Waals surface area contributed by atoms with Gasteiger partial charge in [0.2, 0.25) is 15.9 Å². The van der Waals surface area contributed by atoms with Crippen molar-refractivity contribution < 1.29 is 17.6 Å². The lowest BCUT2D eigenvalue weighted by atomic mass is 10.00. The third-order valence-electron chi connectivity index (χ3n) is 5.09. The van der Waals surface area contributed by atoms with E-state index in [1.54, 1.807) is 32.0 Å². The highest BCUT2D eigenvalue weighted by molar-refractivity contribution is 9.10. The van der Waals surface area contributed by atoms with Crippen LogP contribution in [-0.2, 0) is 16.4 Å². The Balaban J connectivity index is 1.97. The van der Waals surface area contributed by atoms with Gasteiger partial charge >= 0.3 is 0 Å². The molecule has 0 amide bonds. The number of benzene rings is 1. The minimum atomic E-state index is -3.67. The largest absolute Gasteiger partial charge is 0.419 e. The van der Waals surface area contributed by atoms with Gasteiger partial charge in [0.1, 0.15) is 5.69 Å². The highest BCUT2D eigenvalue weighted by atomic mass is 79.9. The number of nitrogens with zero attached hydrogens (tertiary/aromatic N) is 3. The normalized spacial score (nSPS) is 14.3. The minimum absolute atomic E-state index is 0.111. The zero-order valence-corrected chi connectivity index (χ0v) is 18.7. The number of aromatic nitrogens is 3. The molecule has 0 atom stereocenters. The maximum Gasteiger partial charge on any atom is 0.265 e. The summed E-state index contributed by atoms with van der Waals surface area (Å²) in [5.74, 6) is 0.274. The summed E-state index contributed by atoms with van der Waals surface area (Å²) in [6.07, 6.45) is 1.75. The molecule has 1 fully saturated rings. The van der Waals surface area contributed by atoms with Gasteiger partial charge in [-0.3, -0.25) is 4.79 Å². The standard InChI is InChI=1S/C20H20BrN3O4S/c1-4-16-22-23-20(28-16)18-11(2)17(19(25)13-6-5-7-14(21)10-13)12(3)24(18)29(26,27)15-8-9-15/h5-7,10,15H,4,8-9H2,1-3H3. The average molecular weight is 478 g/mol. The van der Waals surface area contributed by atoms with Gasteiger partial charge in [-0.1, -0.05) is 35.0 Å². The van der Waals surface area contributed by atoms with Gasteiger partial charge < -0.3 is 4.42 Å². The molecule has 0 saturated heterocycles. The summed E-state index contributed by atoms with van der Waals surface area (Å²) in [6.45, 7) is 5.25. The van der Waals surface area contributed by atoms with Gasteiger partial charge in [0, 0.05) is 27.7 Å². The van der Waals surface area contributed by atoms with Crippen LogP contribution >= 0.6 is 15.9 Å². The number of hydrogen-bond donors (Lipinski definition) is 0. The van der Waals surface area contributed by atoms with Crippen molar-refractivity contribution in [2.45, 2.75) is 45.3 Å². The van der Waals surface area contributed by atoms with E-state index in [0.717, 1.165) is 4.47 Å². The fourth-order valence-electron chi connectivity index (χ4n) is 3.49. The van der Waals surface area contributed by atoms with Crippen molar-refractivity contribution in [2.75, 3.05) is 0 Å². The van der Waals surface area contributed by atoms with Crippen LogP contribution in [0, 0.1) is 13.8 Å². The van der Waals surface area contributed by atoms with Gasteiger partial charge in [-0.25, -0.2) is 12.4 Å². The molecule has 1 aromatic carbocycles. The molecule has 0 N–H and O–H groups in total. The van der Waals surface area contributed by atoms with Gasteiger partial charge in [0.15, 0.2) is 5.78 Å². The topological polar surface area (TPSA) is 95.1 Å². The summed E-state index contributed by atoms with van der Waals surface area (Å²) in [5, 5.41) is 7.58. The van der Waals surface area contributed by atoms with E-state index >= 15 is 0 Å². The third-order valence-corrected chi connectivity index (χ3v) is 7.86. The fraction of sp³-hybridized carbons (Fsp3) is 0.350. The van der Waals surface area contributed by atoms with E-state index in [0.29, 0.717) is 47.5 Å². The molecule has 4 rings (SSSR count). The zero-order valence-electron chi connectivity index (χ0n) is 16.3. The van der Waals surface area contributed by atoms with Crippen molar-refractivity contribution >= 4 is 31.7 Å². The Bertz CT molecular complexity index is 1220. The van der Waals surface area contributed by atoms with Gasteiger partial charge in [0.05, 0.1) is 5.25 Å². The van der Waals surface area contributed by atoms with Crippen LogP contribution in [0.15, 0.2) is 33.2 Å². The van der Waals surface area contributed by atoms with Crippen molar-refractivity contribution in [1.82, 2.24) is 14.2 Å². The molecule has 1 saturated carbocycles. The molecule has 29 heavy (non-hydrogen) atoms. The first kappa shape index (κ1) is 20.0. The van der Waals surface area contributed by atoms with Crippen LogP contribution in [0.2, 0.25) is 0 Å². The summed E-state index contributed by atoms with van der Waals surface area (Å²) in [6, 6.07) is 7.03.